The lowest BCUT2D eigenvalue weighted by molar-refractivity contribution is -0.151. The number of benzene rings is 2. The van der Waals surface area contributed by atoms with Crippen LogP contribution in [0.4, 0.5) is 4.79 Å². The summed E-state index contributed by atoms with van der Waals surface area (Å²) >= 11 is 0. The first kappa shape index (κ1) is 31.8. The molecule has 2 amide bonds. The van der Waals surface area contributed by atoms with Gasteiger partial charge in [-0.05, 0) is 56.7 Å². The second kappa shape index (κ2) is 15.3. The van der Waals surface area contributed by atoms with Crippen molar-refractivity contribution in [2.45, 2.75) is 63.6 Å². The molecule has 41 heavy (non-hydrogen) atoms. The van der Waals surface area contributed by atoms with E-state index in [1.807, 2.05) is 30.3 Å². The standard InChI is InChI=1S/C28H35N2O10P/c1-20(39-27(34)22-13-6-3-7-14-22)41(36,37)40-24(25(31)30-18-10-15-23(30)26(32)33)16-8-9-17-29-28(35)38-19-21-11-4-2-5-12-21/h2-7,11-14,20,23-24H,8-10,15-19H2,1H3,(H,29,35)(H,32,33)(H,36,37)/t20-,23-,24?/m0/s1. The minimum Gasteiger partial charge on any atom is -0.480 e. The van der Waals surface area contributed by atoms with Crippen molar-refractivity contribution in [2.24, 2.45) is 0 Å². The van der Waals surface area contributed by atoms with Gasteiger partial charge in [0.2, 0.25) is 0 Å². The highest BCUT2D eigenvalue weighted by Crippen LogP contribution is 2.50. The number of alkyl carbamates (subject to hydrolysis) is 1. The summed E-state index contributed by atoms with van der Waals surface area (Å²) in [4.78, 5) is 61.1. The van der Waals surface area contributed by atoms with Gasteiger partial charge in [0.1, 0.15) is 18.8 Å². The summed E-state index contributed by atoms with van der Waals surface area (Å²) in [5.41, 5.74) is 1.00. The summed E-state index contributed by atoms with van der Waals surface area (Å²) in [6.45, 7) is 1.66. The number of nitrogens with one attached hydrogen (secondary N) is 1. The van der Waals surface area contributed by atoms with Crippen molar-refractivity contribution in [1.82, 2.24) is 10.2 Å². The smallest absolute Gasteiger partial charge is 0.407 e. The number of hydrogen-bond donors (Lipinski definition) is 3. The number of esters is 1. The zero-order valence-corrected chi connectivity index (χ0v) is 23.6. The Labute approximate surface area is 238 Å². The highest BCUT2D eigenvalue weighted by molar-refractivity contribution is 7.53. The number of aliphatic carboxylic acids is 1. The minimum absolute atomic E-state index is 0.0354. The third-order valence-electron chi connectivity index (χ3n) is 6.50. The molecular formula is C28H35N2O10P. The van der Waals surface area contributed by atoms with Crippen LogP contribution in [0.2, 0.25) is 0 Å². The van der Waals surface area contributed by atoms with E-state index in [-0.39, 0.29) is 38.1 Å². The van der Waals surface area contributed by atoms with Gasteiger partial charge in [-0.3, -0.25) is 13.9 Å². The van der Waals surface area contributed by atoms with Crippen LogP contribution in [0.15, 0.2) is 60.7 Å². The summed E-state index contributed by atoms with van der Waals surface area (Å²) in [5, 5.41) is 12.1. The fraction of sp³-hybridized carbons (Fsp3) is 0.429. The first-order valence-corrected chi connectivity index (χ1v) is 15.0. The Morgan fingerprint density at radius 2 is 1.71 bits per heavy atom. The monoisotopic (exact) mass is 590 g/mol. The third-order valence-corrected chi connectivity index (χ3v) is 8.08. The van der Waals surface area contributed by atoms with E-state index in [2.05, 4.69) is 5.32 Å². The van der Waals surface area contributed by atoms with Gasteiger partial charge in [0, 0.05) is 13.1 Å². The van der Waals surface area contributed by atoms with E-state index in [1.54, 1.807) is 18.2 Å². The van der Waals surface area contributed by atoms with Crippen LogP contribution in [-0.4, -0.2) is 69.9 Å². The first-order chi connectivity index (χ1) is 19.6. The Kier molecular flexibility index (Phi) is 11.9. The summed E-state index contributed by atoms with van der Waals surface area (Å²) < 4.78 is 28.8. The van der Waals surface area contributed by atoms with E-state index in [0.717, 1.165) is 10.5 Å². The molecule has 3 N–H and O–H groups in total. The molecule has 0 bridgehead atoms. The molecule has 1 aliphatic rings. The third kappa shape index (κ3) is 9.70. The average molecular weight is 591 g/mol. The van der Waals surface area contributed by atoms with Crippen LogP contribution in [0.25, 0.3) is 0 Å². The SMILES string of the molecule is C[C@@H](OC(=O)c1ccccc1)P(=O)(O)OC(CCCCNC(=O)OCc1ccccc1)C(=O)N1CCC[C@H]1C(=O)O. The Balaban J connectivity index is 1.57. The maximum atomic E-state index is 13.3. The topological polar surface area (TPSA) is 169 Å². The number of carbonyl (C=O) groups is 4. The number of nitrogens with zero attached hydrogens (tertiary/aromatic N) is 1. The van der Waals surface area contributed by atoms with Crippen molar-refractivity contribution < 1.29 is 47.7 Å². The molecule has 0 radical (unpaired) electrons. The van der Waals surface area contributed by atoms with Crippen LogP contribution < -0.4 is 5.32 Å². The van der Waals surface area contributed by atoms with Gasteiger partial charge >= 0.3 is 25.6 Å². The summed E-state index contributed by atoms with van der Waals surface area (Å²) in [6.07, 6.45) is -0.728. The molecule has 2 aromatic carbocycles. The van der Waals surface area contributed by atoms with Gasteiger partial charge in [-0.25, -0.2) is 14.4 Å². The Hall–Kier alpha value is -3.73. The zero-order valence-electron chi connectivity index (χ0n) is 22.7. The van der Waals surface area contributed by atoms with Crippen LogP contribution in [0.1, 0.15) is 54.9 Å². The van der Waals surface area contributed by atoms with Gasteiger partial charge in [0.25, 0.3) is 5.91 Å². The number of amides is 2. The molecule has 0 spiro atoms. The van der Waals surface area contributed by atoms with Crippen molar-refractivity contribution in [3.05, 3.63) is 71.8 Å². The van der Waals surface area contributed by atoms with Gasteiger partial charge in [0.05, 0.1) is 5.56 Å². The van der Waals surface area contributed by atoms with Crippen LogP contribution in [0.3, 0.4) is 0 Å². The quantitative estimate of drug-likeness (QED) is 0.166. The molecule has 3 rings (SSSR count). The van der Waals surface area contributed by atoms with E-state index in [4.69, 9.17) is 14.0 Å². The second-order valence-corrected chi connectivity index (χ2v) is 11.6. The van der Waals surface area contributed by atoms with Crippen molar-refractivity contribution in [3.63, 3.8) is 0 Å². The molecule has 0 aliphatic carbocycles. The number of likely N-dealkylation sites (tertiary alicyclic amines) is 1. The number of carboxylic acid groups (broad SMARTS) is 1. The van der Waals surface area contributed by atoms with Gasteiger partial charge < -0.3 is 29.7 Å². The maximum Gasteiger partial charge on any atom is 0.407 e. The molecule has 1 aliphatic heterocycles. The number of unbranched alkanes of at least 4 members (excludes halogenated alkanes) is 1. The maximum absolute atomic E-state index is 13.3. The molecule has 1 heterocycles. The molecule has 12 nitrogen and oxygen atoms in total. The lowest BCUT2D eigenvalue weighted by atomic mass is 10.1. The molecule has 1 saturated heterocycles. The van der Waals surface area contributed by atoms with Crippen molar-refractivity contribution in [1.29, 1.82) is 0 Å². The van der Waals surface area contributed by atoms with Crippen molar-refractivity contribution in [3.8, 4) is 0 Å². The molecule has 2 aromatic rings. The summed E-state index contributed by atoms with van der Waals surface area (Å²) in [7, 11) is -4.69. The van der Waals surface area contributed by atoms with Crippen LogP contribution in [0.5, 0.6) is 0 Å². The highest BCUT2D eigenvalue weighted by atomic mass is 31.2. The Morgan fingerprint density at radius 3 is 2.37 bits per heavy atom. The van der Waals surface area contributed by atoms with E-state index in [1.165, 1.54) is 19.1 Å². The Bertz CT molecular complexity index is 1230. The number of rotatable bonds is 14. The minimum atomic E-state index is -4.69. The van der Waals surface area contributed by atoms with E-state index in [0.29, 0.717) is 19.3 Å². The van der Waals surface area contributed by atoms with E-state index < -0.39 is 49.5 Å². The van der Waals surface area contributed by atoms with E-state index in [9.17, 15) is 33.7 Å². The lowest BCUT2D eigenvalue weighted by Crippen LogP contribution is -2.46. The molecule has 0 aromatic heterocycles. The van der Waals surface area contributed by atoms with Gasteiger partial charge in [-0.15, -0.1) is 0 Å². The second-order valence-electron chi connectivity index (χ2n) is 9.54. The molecule has 0 saturated carbocycles. The van der Waals surface area contributed by atoms with Crippen molar-refractivity contribution in [2.75, 3.05) is 13.1 Å². The van der Waals surface area contributed by atoms with E-state index >= 15 is 0 Å². The number of carboxylic acids is 1. The molecule has 222 valence electrons. The van der Waals surface area contributed by atoms with Gasteiger partial charge in [0.15, 0.2) is 5.85 Å². The summed E-state index contributed by atoms with van der Waals surface area (Å²) in [6, 6.07) is 16.0. The Morgan fingerprint density at radius 1 is 1.05 bits per heavy atom. The van der Waals surface area contributed by atoms with Crippen molar-refractivity contribution >= 4 is 31.5 Å². The number of hydrogen-bond acceptors (Lipinski definition) is 8. The molecular weight excluding hydrogens is 555 g/mol. The number of carbonyl (C=O) groups excluding carboxylic acids is 3. The molecule has 2 unspecified atom stereocenters. The number of ether oxygens (including phenoxy) is 2. The zero-order chi connectivity index (χ0) is 29.8. The normalized spacial score (nSPS) is 17.6. The van der Waals surface area contributed by atoms with Gasteiger partial charge in [-0.2, -0.15) is 0 Å². The fourth-order valence-corrected chi connectivity index (χ4v) is 5.21. The first-order valence-electron chi connectivity index (χ1n) is 13.3. The van der Waals surface area contributed by atoms with Crippen LogP contribution in [0, 0.1) is 0 Å². The molecule has 1 fully saturated rings. The molecule has 4 atom stereocenters. The lowest BCUT2D eigenvalue weighted by Gasteiger charge is -2.29. The molecule has 13 heteroatoms. The highest BCUT2D eigenvalue weighted by Gasteiger charge is 2.42. The summed E-state index contributed by atoms with van der Waals surface area (Å²) in [5.74, 6) is -4.35. The predicted octanol–water partition coefficient (Wildman–Crippen LogP) is 3.93. The fourth-order valence-electron chi connectivity index (χ4n) is 4.24. The van der Waals surface area contributed by atoms with Crippen LogP contribution >= 0.6 is 7.60 Å². The van der Waals surface area contributed by atoms with Crippen LogP contribution in [-0.2, 0) is 34.8 Å². The average Bonchev–Trinajstić information content (AvgIpc) is 3.46. The predicted molar refractivity (Wildman–Crippen MR) is 147 cm³/mol. The largest absolute Gasteiger partial charge is 0.480 e. The van der Waals surface area contributed by atoms with Gasteiger partial charge in [-0.1, -0.05) is 48.5 Å².